The molecule has 0 fully saturated rings. The van der Waals surface area contributed by atoms with Crippen LogP contribution in [0.4, 0.5) is 0 Å². The lowest BCUT2D eigenvalue weighted by Gasteiger charge is -2.18. The van der Waals surface area contributed by atoms with Gasteiger partial charge in [-0.2, -0.15) is 0 Å². The van der Waals surface area contributed by atoms with Crippen molar-refractivity contribution in [1.29, 1.82) is 0 Å². The molecule has 3 heteroatoms. The zero-order chi connectivity index (χ0) is 17.9. The summed E-state index contributed by atoms with van der Waals surface area (Å²) >= 11 is 0. The van der Waals surface area contributed by atoms with Crippen molar-refractivity contribution >= 4 is 10.8 Å². The molecule has 0 aliphatic rings. The molecular formula is C23H18O3. The van der Waals surface area contributed by atoms with Gasteiger partial charge in [-0.1, -0.05) is 54.6 Å². The van der Waals surface area contributed by atoms with Crippen molar-refractivity contribution in [2.45, 2.75) is 12.3 Å². The Balaban J connectivity index is 2.00. The first-order chi connectivity index (χ1) is 12.8. The summed E-state index contributed by atoms with van der Waals surface area (Å²) in [6.07, 6.45) is 4.20. The second-order valence-electron chi connectivity index (χ2n) is 6.17. The van der Waals surface area contributed by atoms with Crippen LogP contribution in [0.3, 0.4) is 0 Å². The van der Waals surface area contributed by atoms with E-state index in [1.165, 1.54) is 0 Å². The summed E-state index contributed by atoms with van der Waals surface area (Å²) < 4.78 is 11.3. The van der Waals surface area contributed by atoms with Gasteiger partial charge >= 0.3 is 5.63 Å². The van der Waals surface area contributed by atoms with Crippen molar-refractivity contribution < 1.29 is 8.83 Å². The highest BCUT2D eigenvalue weighted by Gasteiger charge is 2.22. The van der Waals surface area contributed by atoms with Crippen LogP contribution in [0.25, 0.3) is 22.1 Å². The largest absolute Gasteiger partial charge is 0.469 e. The summed E-state index contributed by atoms with van der Waals surface area (Å²) in [5.74, 6) is 1.40. The number of allylic oxidation sites excluding steroid dienone is 1. The van der Waals surface area contributed by atoms with Gasteiger partial charge in [-0.05, 0) is 23.6 Å². The van der Waals surface area contributed by atoms with Gasteiger partial charge in [-0.25, -0.2) is 4.79 Å². The SMILES string of the molecule is C=CC(Cc1ccco1)c1c(-c2ccccc2)oc(=O)c2ccccc12. The Labute approximate surface area is 151 Å². The second kappa shape index (κ2) is 6.89. The number of hydrogen-bond acceptors (Lipinski definition) is 3. The third-order valence-corrected chi connectivity index (χ3v) is 4.57. The van der Waals surface area contributed by atoms with Gasteiger partial charge in [0.1, 0.15) is 11.5 Å². The number of hydrogen-bond donors (Lipinski definition) is 0. The third-order valence-electron chi connectivity index (χ3n) is 4.57. The fourth-order valence-electron chi connectivity index (χ4n) is 3.34. The number of benzene rings is 2. The summed E-state index contributed by atoms with van der Waals surface area (Å²) in [4.78, 5) is 12.5. The minimum absolute atomic E-state index is 0.0504. The van der Waals surface area contributed by atoms with Gasteiger partial charge < -0.3 is 8.83 Å². The number of rotatable bonds is 5. The molecule has 0 amide bonds. The van der Waals surface area contributed by atoms with Gasteiger partial charge in [0.25, 0.3) is 0 Å². The average molecular weight is 342 g/mol. The lowest BCUT2D eigenvalue weighted by Crippen LogP contribution is -2.09. The predicted molar refractivity (Wildman–Crippen MR) is 103 cm³/mol. The Morgan fingerprint density at radius 3 is 2.35 bits per heavy atom. The summed E-state index contributed by atoms with van der Waals surface area (Å²) in [6.45, 7) is 4.02. The van der Waals surface area contributed by atoms with Gasteiger partial charge in [-0.15, -0.1) is 6.58 Å². The molecule has 2 aromatic heterocycles. The molecule has 3 nitrogen and oxygen atoms in total. The van der Waals surface area contributed by atoms with Crippen molar-refractivity contribution in [2.75, 3.05) is 0 Å². The van der Waals surface area contributed by atoms with E-state index < -0.39 is 0 Å². The van der Waals surface area contributed by atoms with Gasteiger partial charge in [-0.3, -0.25) is 0 Å². The fraction of sp³-hybridized carbons (Fsp3) is 0.0870. The second-order valence-corrected chi connectivity index (χ2v) is 6.17. The zero-order valence-corrected chi connectivity index (χ0v) is 14.2. The molecule has 0 aliphatic heterocycles. The van der Waals surface area contributed by atoms with E-state index in [0.717, 1.165) is 22.3 Å². The maximum atomic E-state index is 12.5. The van der Waals surface area contributed by atoms with Crippen LogP contribution in [-0.2, 0) is 6.42 Å². The average Bonchev–Trinajstić information content (AvgIpc) is 3.20. The molecule has 1 atom stereocenters. The quantitative estimate of drug-likeness (QED) is 0.446. The van der Waals surface area contributed by atoms with Gasteiger partial charge in [0.2, 0.25) is 0 Å². The van der Waals surface area contributed by atoms with Crippen LogP contribution in [0.2, 0.25) is 0 Å². The predicted octanol–water partition coefficient (Wildman–Crippen LogP) is 5.57. The summed E-state index contributed by atoms with van der Waals surface area (Å²) in [6, 6.07) is 21.1. The molecule has 0 saturated carbocycles. The lowest BCUT2D eigenvalue weighted by molar-refractivity contribution is 0.494. The van der Waals surface area contributed by atoms with Crippen molar-refractivity contribution in [1.82, 2.24) is 0 Å². The van der Waals surface area contributed by atoms with E-state index in [9.17, 15) is 4.79 Å². The molecule has 0 radical (unpaired) electrons. The Morgan fingerprint density at radius 2 is 1.65 bits per heavy atom. The van der Waals surface area contributed by atoms with E-state index >= 15 is 0 Å². The van der Waals surface area contributed by atoms with Crippen molar-refractivity contribution in [3.05, 3.63) is 107 Å². The van der Waals surface area contributed by atoms with E-state index in [4.69, 9.17) is 8.83 Å². The van der Waals surface area contributed by atoms with Crippen LogP contribution in [0.1, 0.15) is 17.2 Å². The van der Waals surface area contributed by atoms with Crippen molar-refractivity contribution in [2.24, 2.45) is 0 Å². The van der Waals surface area contributed by atoms with E-state index in [2.05, 4.69) is 6.58 Å². The number of fused-ring (bicyclic) bond motifs is 1. The molecule has 4 rings (SSSR count). The van der Waals surface area contributed by atoms with E-state index in [0.29, 0.717) is 17.6 Å². The Morgan fingerprint density at radius 1 is 0.923 bits per heavy atom. The van der Waals surface area contributed by atoms with Crippen LogP contribution in [-0.4, -0.2) is 0 Å². The summed E-state index contributed by atoms with van der Waals surface area (Å²) in [5, 5.41) is 1.47. The molecule has 26 heavy (non-hydrogen) atoms. The molecule has 0 bridgehead atoms. The first-order valence-electron chi connectivity index (χ1n) is 8.54. The standard InChI is InChI=1S/C23H18O3/c1-2-16(15-18-11-8-14-25-18)21-19-12-6-7-13-20(19)23(24)26-22(21)17-9-4-3-5-10-17/h2-14,16H,1,15H2. The minimum Gasteiger partial charge on any atom is -0.469 e. The molecule has 4 aromatic rings. The van der Waals surface area contributed by atoms with Gasteiger partial charge in [0.15, 0.2) is 0 Å². The van der Waals surface area contributed by atoms with Crippen LogP contribution in [0, 0.1) is 0 Å². The smallest absolute Gasteiger partial charge is 0.344 e. The first-order valence-corrected chi connectivity index (χ1v) is 8.54. The van der Waals surface area contributed by atoms with E-state index in [1.54, 1.807) is 12.3 Å². The van der Waals surface area contributed by atoms with Crippen LogP contribution in [0.5, 0.6) is 0 Å². The van der Waals surface area contributed by atoms with Crippen LogP contribution in [0.15, 0.2) is 99.3 Å². The number of furan rings is 1. The fourth-order valence-corrected chi connectivity index (χ4v) is 3.34. The maximum absolute atomic E-state index is 12.5. The highest BCUT2D eigenvalue weighted by Crippen LogP contribution is 2.36. The van der Waals surface area contributed by atoms with Crippen LogP contribution < -0.4 is 5.63 Å². The minimum atomic E-state index is -0.330. The van der Waals surface area contributed by atoms with E-state index in [1.807, 2.05) is 66.7 Å². The zero-order valence-electron chi connectivity index (χ0n) is 14.2. The molecule has 2 heterocycles. The van der Waals surface area contributed by atoms with Crippen LogP contribution >= 0.6 is 0 Å². The third kappa shape index (κ3) is 2.88. The normalized spacial score (nSPS) is 12.2. The molecule has 128 valence electrons. The highest BCUT2D eigenvalue weighted by molar-refractivity contribution is 5.89. The molecule has 1 unspecified atom stereocenters. The molecule has 2 aromatic carbocycles. The first kappa shape index (κ1) is 16.2. The molecule has 0 spiro atoms. The Hall–Kier alpha value is -3.33. The van der Waals surface area contributed by atoms with Gasteiger partial charge in [0.05, 0.1) is 11.6 Å². The topological polar surface area (TPSA) is 43.4 Å². The Kier molecular flexibility index (Phi) is 4.28. The monoisotopic (exact) mass is 342 g/mol. The van der Waals surface area contributed by atoms with Crippen molar-refractivity contribution in [3.8, 4) is 11.3 Å². The highest BCUT2D eigenvalue weighted by atomic mass is 16.4. The molecule has 0 aliphatic carbocycles. The van der Waals surface area contributed by atoms with Crippen molar-refractivity contribution in [3.63, 3.8) is 0 Å². The van der Waals surface area contributed by atoms with Gasteiger partial charge in [0, 0.05) is 23.5 Å². The molecular weight excluding hydrogens is 324 g/mol. The molecule has 0 saturated heterocycles. The Bertz CT molecular complexity index is 1090. The maximum Gasteiger partial charge on any atom is 0.344 e. The lowest BCUT2D eigenvalue weighted by atomic mass is 9.88. The molecule has 0 N–H and O–H groups in total. The van der Waals surface area contributed by atoms with E-state index in [-0.39, 0.29) is 11.5 Å². The summed E-state index contributed by atoms with van der Waals surface area (Å²) in [5.41, 5.74) is 1.50. The summed E-state index contributed by atoms with van der Waals surface area (Å²) in [7, 11) is 0.